The summed E-state index contributed by atoms with van der Waals surface area (Å²) in [5.41, 5.74) is 0. The molecule has 0 saturated carbocycles. The molecule has 0 spiro atoms. The van der Waals surface area contributed by atoms with Crippen molar-refractivity contribution in [2.75, 3.05) is 19.3 Å². The van der Waals surface area contributed by atoms with Gasteiger partial charge in [0.1, 0.15) is 0 Å². The molecule has 2 N–H and O–H groups in total. The van der Waals surface area contributed by atoms with Crippen LogP contribution in [0.5, 0.6) is 0 Å². The van der Waals surface area contributed by atoms with Crippen LogP contribution in [0.2, 0.25) is 5.02 Å². The zero-order chi connectivity index (χ0) is 10.4. The van der Waals surface area contributed by atoms with Gasteiger partial charge in [0.15, 0.2) is 0 Å². The van der Waals surface area contributed by atoms with Crippen LogP contribution < -0.4 is 5.32 Å². The summed E-state index contributed by atoms with van der Waals surface area (Å²) in [6.07, 6.45) is -0.316. The van der Waals surface area contributed by atoms with Gasteiger partial charge < -0.3 is 10.4 Å². The lowest BCUT2D eigenvalue weighted by molar-refractivity contribution is 0.199. The molecule has 14 heavy (non-hydrogen) atoms. The van der Waals surface area contributed by atoms with E-state index in [-0.39, 0.29) is 6.10 Å². The molecule has 0 aliphatic heterocycles. The number of rotatable bonds is 5. The number of aliphatic hydroxyl groups is 1. The lowest BCUT2D eigenvalue weighted by Crippen LogP contribution is -2.25. The molecule has 0 fully saturated rings. The summed E-state index contributed by atoms with van der Waals surface area (Å²) in [5.74, 6) is 0.682. The summed E-state index contributed by atoms with van der Waals surface area (Å²) < 4.78 is 0. The van der Waals surface area contributed by atoms with Crippen molar-refractivity contribution < 1.29 is 5.11 Å². The summed E-state index contributed by atoms with van der Waals surface area (Å²) in [5, 5.41) is 13.1. The van der Waals surface area contributed by atoms with Gasteiger partial charge in [0.2, 0.25) is 0 Å². The second kappa shape index (κ2) is 6.30. The monoisotopic (exact) mass is 231 g/mol. The quantitative estimate of drug-likeness (QED) is 0.761. The van der Waals surface area contributed by atoms with E-state index >= 15 is 0 Å². The maximum absolute atomic E-state index is 9.46. The lowest BCUT2D eigenvalue weighted by atomic mass is 10.4. The second-order valence-electron chi connectivity index (χ2n) is 2.98. The van der Waals surface area contributed by atoms with Crippen LogP contribution in [0.1, 0.15) is 0 Å². The SMILES string of the molecule is CNCC(O)CSc1cccc(Cl)c1. The summed E-state index contributed by atoms with van der Waals surface area (Å²) in [7, 11) is 1.83. The Labute approximate surface area is 93.7 Å². The third kappa shape index (κ3) is 4.33. The molecule has 1 aromatic carbocycles. The lowest BCUT2D eigenvalue weighted by Gasteiger charge is -2.09. The minimum Gasteiger partial charge on any atom is -0.391 e. The van der Waals surface area contributed by atoms with Crippen LogP contribution in [0.15, 0.2) is 29.2 Å². The van der Waals surface area contributed by atoms with E-state index in [9.17, 15) is 5.11 Å². The van der Waals surface area contributed by atoms with Crippen molar-refractivity contribution in [2.45, 2.75) is 11.0 Å². The van der Waals surface area contributed by atoms with E-state index in [0.717, 1.165) is 9.92 Å². The molecule has 0 radical (unpaired) electrons. The molecular formula is C10H14ClNOS. The highest BCUT2D eigenvalue weighted by molar-refractivity contribution is 7.99. The van der Waals surface area contributed by atoms with E-state index in [0.29, 0.717) is 12.3 Å². The van der Waals surface area contributed by atoms with E-state index in [1.54, 1.807) is 11.8 Å². The Bertz CT molecular complexity index is 283. The predicted molar refractivity (Wildman–Crippen MR) is 62.1 cm³/mol. The molecule has 1 atom stereocenters. The maximum Gasteiger partial charge on any atom is 0.0758 e. The Balaban J connectivity index is 2.37. The van der Waals surface area contributed by atoms with Crippen LogP contribution >= 0.6 is 23.4 Å². The van der Waals surface area contributed by atoms with E-state index in [2.05, 4.69) is 5.32 Å². The van der Waals surface area contributed by atoms with Gasteiger partial charge in [-0.05, 0) is 25.2 Å². The Morgan fingerprint density at radius 1 is 1.57 bits per heavy atom. The molecule has 78 valence electrons. The molecule has 2 nitrogen and oxygen atoms in total. The molecule has 0 aliphatic rings. The van der Waals surface area contributed by atoms with Crippen molar-refractivity contribution in [2.24, 2.45) is 0 Å². The highest BCUT2D eigenvalue weighted by atomic mass is 35.5. The van der Waals surface area contributed by atoms with Crippen molar-refractivity contribution in [3.63, 3.8) is 0 Å². The number of benzene rings is 1. The summed E-state index contributed by atoms with van der Waals surface area (Å²) in [4.78, 5) is 1.09. The first kappa shape index (κ1) is 11.9. The number of hydrogen-bond acceptors (Lipinski definition) is 3. The zero-order valence-corrected chi connectivity index (χ0v) is 9.61. The highest BCUT2D eigenvalue weighted by Gasteiger charge is 2.03. The van der Waals surface area contributed by atoms with Crippen LogP contribution in [0, 0.1) is 0 Å². The van der Waals surface area contributed by atoms with Crippen molar-refractivity contribution in [3.8, 4) is 0 Å². The second-order valence-corrected chi connectivity index (χ2v) is 4.51. The van der Waals surface area contributed by atoms with Crippen molar-refractivity contribution in [1.82, 2.24) is 5.32 Å². The zero-order valence-electron chi connectivity index (χ0n) is 8.03. The molecule has 4 heteroatoms. The first-order chi connectivity index (χ1) is 6.72. The van der Waals surface area contributed by atoms with E-state index in [1.807, 2.05) is 31.3 Å². The largest absolute Gasteiger partial charge is 0.391 e. The predicted octanol–water partition coefficient (Wildman–Crippen LogP) is 2.01. The van der Waals surface area contributed by atoms with Gasteiger partial charge >= 0.3 is 0 Å². The Morgan fingerprint density at radius 2 is 2.36 bits per heavy atom. The molecule has 0 amide bonds. The third-order valence-electron chi connectivity index (χ3n) is 1.68. The fraction of sp³-hybridized carbons (Fsp3) is 0.400. The summed E-state index contributed by atoms with van der Waals surface area (Å²) in [6.45, 7) is 0.619. The van der Waals surface area contributed by atoms with Crippen LogP contribution in [-0.4, -0.2) is 30.6 Å². The van der Waals surface area contributed by atoms with Gasteiger partial charge in [0.25, 0.3) is 0 Å². The van der Waals surface area contributed by atoms with E-state index in [4.69, 9.17) is 11.6 Å². The van der Waals surface area contributed by atoms with Crippen molar-refractivity contribution in [1.29, 1.82) is 0 Å². The molecule has 1 unspecified atom stereocenters. The number of thioether (sulfide) groups is 1. The summed E-state index contributed by atoms with van der Waals surface area (Å²) >= 11 is 7.44. The normalized spacial score (nSPS) is 12.8. The van der Waals surface area contributed by atoms with Crippen LogP contribution in [0.4, 0.5) is 0 Å². The molecule has 0 heterocycles. The van der Waals surface area contributed by atoms with Gasteiger partial charge in [-0.2, -0.15) is 0 Å². The first-order valence-corrected chi connectivity index (χ1v) is 5.79. The molecule has 1 rings (SSSR count). The van der Waals surface area contributed by atoms with Gasteiger partial charge in [-0.15, -0.1) is 11.8 Å². The van der Waals surface area contributed by atoms with Crippen molar-refractivity contribution >= 4 is 23.4 Å². The Hall–Kier alpha value is -0.220. The molecule has 0 aliphatic carbocycles. The standard InChI is InChI=1S/C10H14ClNOS/c1-12-6-9(13)7-14-10-4-2-3-8(11)5-10/h2-5,9,12-13H,6-7H2,1H3. The number of halogens is 1. The van der Waals surface area contributed by atoms with Gasteiger partial charge in [-0.3, -0.25) is 0 Å². The fourth-order valence-electron chi connectivity index (χ4n) is 1.04. The van der Waals surface area contributed by atoms with Gasteiger partial charge in [-0.1, -0.05) is 17.7 Å². The average Bonchev–Trinajstić information content (AvgIpc) is 2.15. The molecule has 1 aromatic rings. The highest BCUT2D eigenvalue weighted by Crippen LogP contribution is 2.21. The number of likely N-dealkylation sites (N-methyl/N-ethyl adjacent to an activating group) is 1. The molecule has 0 aromatic heterocycles. The van der Waals surface area contributed by atoms with Gasteiger partial charge in [-0.25, -0.2) is 0 Å². The number of aliphatic hydroxyl groups excluding tert-OH is 1. The smallest absolute Gasteiger partial charge is 0.0758 e. The van der Waals surface area contributed by atoms with E-state index < -0.39 is 0 Å². The third-order valence-corrected chi connectivity index (χ3v) is 3.05. The molecule has 0 bridgehead atoms. The number of hydrogen-bond donors (Lipinski definition) is 2. The average molecular weight is 232 g/mol. The molecule has 0 saturated heterocycles. The topological polar surface area (TPSA) is 32.3 Å². The van der Waals surface area contributed by atoms with Gasteiger partial charge in [0.05, 0.1) is 6.10 Å². The Kier molecular flexibility index (Phi) is 5.33. The maximum atomic E-state index is 9.46. The van der Waals surface area contributed by atoms with Crippen LogP contribution in [0.25, 0.3) is 0 Å². The minimum atomic E-state index is -0.316. The molecular weight excluding hydrogens is 218 g/mol. The summed E-state index contributed by atoms with van der Waals surface area (Å²) in [6, 6.07) is 7.64. The van der Waals surface area contributed by atoms with E-state index in [1.165, 1.54) is 0 Å². The number of nitrogens with one attached hydrogen (secondary N) is 1. The first-order valence-electron chi connectivity index (χ1n) is 4.43. The van der Waals surface area contributed by atoms with Crippen LogP contribution in [0.3, 0.4) is 0 Å². The fourth-order valence-corrected chi connectivity index (χ4v) is 2.19. The minimum absolute atomic E-state index is 0.316. The van der Waals surface area contributed by atoms with Crippen LogP contribution in [-0.2, 0) is 0 Å². The van der Waals surface area contributed by atoms with Crippen molar-refractivity contribution in [3.05, 3.63) is 29.3 Å². The Morgan fingerprint density at radius 3 is 3.00 bits per heavy atom. The van der Waals surface area contributed by atoms with Gasteiger partial charge in [0, 0.05) is 22.2 Å².